The van der Waals surface area contributed by atoms with Crippen molar-refractivity contribution in [3.8, 4) is 5.75 Å². The molecule has 2 aromatic rings. The maximum absolute atomic E-state index is 12.9. The van der Waals surface area contributed by atoms with Crippen molar-refractivity contribution in [2.75, 3.05) is 13.7 Å². The number of nitrogens with one attached hydrogen (secondary N) is 1. The Hall–Kier alpha value is -3.22. The van der Waals surface area contributed by atoms with Crippen LogP contribution < -0.4 is 10.1 Å². The summed E-state index contributed by atoms with van der Waals surface area (Å²) in [6.07, 6.45) is -1.05. The number of esters is 1. The highest BCUT2D eigenvalue weighted by Gasteiger charge is 2.20. The molecule has 0 saturated carbocycles. The van der Waals surface area contributed by atoms with Crippen molar-refractivity contribution in [3.63, 3.8) is 0 Å². The number of amides is 1. The molecule has 0 radical (unpaired) electrons. The standard InChI is InChI=1S/C19H18FNO5/c1-12(18(23)13-3-7-15(20)8-4-13)26-17(22)11-21-19(24)14-5-9-16(25-2)10-6-14/h3-10,12H,11H2,1-2H3,(H,21,24). The van der Waals surface area contributed by atoms with Gasteiger partial charge in [-0.05, 0) is 55.5 Å². The molecule has 1 unspecified atom stereocenters. The third-order valence-corrected chi connectivity index (χ3v) is 3.55. The van der Waals surface area contributed by atoms with Crippen molar-refractivity contribution in [2.45, 2.75) is 13.0 Å². The van der Waals surface area contributed by atoms with Gasteiger partial charge in [0.1, 0.15) is 18.1 Å². The number of hydrogen-bond donors (Lipinski definition) is 1. The SMILES string of the molecule is COc1ccc(C(=O)NCC(=O)OC(C)C(=O)c2ccc(F)cc2)cc1. The number of rotatable bonds is 7. The molecule has 1 atom stereocenters. The van der Waals surface area contributed by atoms with Crippen LogP contribution in [0.25, 0.3) is 0 Å². The first-order chi connectivity index (χ1) is 12.4. The Balaban J connectivity index is 1.84. The lowest BCUT2D eigenvalue weighted by atomic mass is 10.1. The molecule has 136 valence electrons. The summed E-state index contributed by atoms with van der Waals surface area (Å²) in [6.45, 7) is 1.03. The first-order valence-corrected chi connectivity index (χ1v) is 7.82. The molecule has 0 fully saturated rings. The van der Waals surface area contributed by atoms with Crippen LogP contribution in [0.5, 0.6) is 5.75 Å². The summed E-state index contributed by atoms with van der Waals surface area (Å²) in [7, 11) is 1.51. The summed E-state index contributed by atoms with van der Waals surface area (Å²) in [5.41, 5.74) is 0.586. The minimum atomic E-state index is -1.05. The average Bonchev–Trinajstić information content (AvgIpc) is 2.66. The van der Waals surface area contributed by atoms with E-state index in [-0.39, 0.29) is 12.1 Å². The summed E-state index contributed by atoms with van der Waals surface area (Å²) < 4.78 is 22.9. The largest absolute Gasteiger partial charge is 0.497 e. The molecular weight excluding hydrogens is 341 g/mol. The third kappa shape index (κ3) is 5.14. The first-order valence-electron chi connectivity index (χ1n) is 7.82. The van der Waals surface area contributed by atoms with E-state index >= 15 is 0 Å². The molecule has 26 heavy (non-hydrogen) atoms. The van der Waals surface area contributed by atoms with Gasteiger partial charge in [0.05, 0.1) is 7.11 Å². The van der Waals surface area contributed by atoms with Crippen LogP contribution in [0.2, 0.25) is 0 Å². The first kappa shape index (κ1) is 19.1. The molecule has 1 amide bonds. The minimum Gasteiger partial charge on any atom is -0.497 e. The molecular formula is C19H18FNO5. The van der Waals surface area contributed by atoms with Gasteiger partial charge in [0.2, 0.25) is 5.78 Å². The zero-order chi connectivity index (χ0) is 19.1. The van der Waals surface area contributed by atoms with Crippen LogP contribution in [0.4, 0.5) is 4.39 Å². The third-order valence-electron chi connectivity index (χ3n) is 3.55. The fraction of sp³-hybridized carbons (Fsp3) is 0.211. The topological polar surface area (TPSA) is 81.7 Å². The van der Waals surface area contributed by atoms with Gasteiger partial charge in [0.15, 0.2) is 6.10 Å². The number of methoxy groups -OCH3 is 1. The average molecular weight is 359 g/mol. The summed E-state index contributed by atoms with van der Waals surface area (Å²) in [6, 6.07) is 11.3. The maximum atomic E-state index is 12.9. The lowest BCUT2D eigenvalue weighted by Gasteiger charge is -2.13. The van der Waals surface area contributed by atoms with E-state index in [9.17, 15) is 18.8 Å². The summed E-state index contributed by atoms with van der Waals surface area (Å²) in [4.78, 5) is 35.9. The number of ether oxygens (including phenoxy) is 2. The molecule has 7 heteroatoms. The van der Waals surface area contributed by atoms with Gasteiger partial charge in [0.25, 0.3) is 5.91 Å². The highest BCUT2D eigenvalue weighted by atomic mass is 19.1. The van der Waals surface area contributed by atoms with Gasteiger partial charge in [-0.2, -0.15) is 0 Å². The zero-order valence-corrected chi connectivity index (χ0v) is 14.3. The predicted molar refractivity (Wildman–Crippen MR) is 91.6 cm³/mol. The van der Waals surface area contributed by atoms with E-state index in [4.69, 9.17) is 9.47 Å². The van der Waals surface area contributed by atoms with Crippen molar-refractivity contribution >= 4 is 17.7 Å². The Kier molecular flexibility index (Phi) is 6.43. The summed E-state index contributed by atoms with van der Waals surface area (Å²) in [5, 5.41) is 2.41. The molecule has 0 bridgehead atoms. The van der Waals surface area contributed by atoms with E-state index in [2.05, 4.69) is 5.32 Å². The van der Waals surface area contributed by atoms with Crippen LogP contribution in [-0.2, 0) is 9.53 Å². The molecule has 0 aliphatic rings. The monoisotopic (exact) mass is 359 g/mol. The Labute approximate surface area is 149 Å². The number of carbonyl (C=O) groups is 3. The second-order valence-corrected chi connectivity index (χ2v) is 5.41. The fourth-order valence-electron chi connectivity index (χ4n) is 2.14. The molecule has 2 rings (SSSR count). The van der Waals surface area contributed by atoms with Crippen LogP contribution in [-0.4, -0.2) is 37.4 Å². The molecule has 0 aromatic heterocycles. The van der Waals surface area contributed by atoms with Gasteiger partial charge in [-0.1, -0.05) is 0 Å². The van der Waals surface area contributed by atoms with Crippen molar-refractivity contribution in [1.82, 2.24) is 5.32 Å². The second kappa shape index (κ2) is 8.75. The van der Waals surface area contributed by atoms with Crippen molar-refractivity contribution in [2.24, 2.45) is 0 Å². The summed E-state index contributed by atoms with van der Waals surface area (Å²) in [5.74, 6) is -1.53. The quantitative estimate of drug-likeness (QED) is 0.606. The van der Waals surface area contributed by atoms with E-state index in [0.29, 0.717) is 11.3 Å². The van der Waals surface area contributed by atoms with E-state index < -0.39 is 29.6 Å². The maximum Gasteiger partial charge on any atom is 0.326 e. The Morgan fingerprint density at radius 3 is 2.15 bits per heavy atom. The van der Waals surface area contributed by atoms with Crippen LogP contribution in [0.3, 0.4) is 0 Å². The molecule has 0 heterocycles. The number of carbonyl (C=O) groups excluding carboxylic acids is 3. The molecule has 0 aliphatic carbocycles. The Morgan fingerprint density at radius 2 is 1.58 bits per heavy atom. The second-order valence-electron chi connectivity index (χ2n) is 5.41. The van der Waals surface area contributed by atoms with Gasteiger partial charge in [-0.3, -0.25) is 14.4 Å². The van der Waals surface area contributed by atoms with Gasteiger partial charge < -0.3 is 14.8 Å². The molecule has 0 spiro atoms. The number of Topliss-reactive ketones (excluding diaryl/α,β-unsaturated/α-hetero) is 1. The lowest BCUT2D eigenvalue weighted by Crippen LogP contribution is -2.34. The van der Waals surface area contributed by atoms with Gasteiger partial charge in [-0.15, -0.1) is 0 Å². The van der Waals surface area contributed by atoms with Crippen LogP contribution in [0.1, 0.15) is 27.6 Å². The van der Waals surface area contributed by atoms with Crippen LogP contribution in [0, 0.1) is 5.82 Å². The number of ketones is 1. The Bertz CT molecular complexity index is 787. The molecule has 2 aromatic carbocycles. The van der Waals surface area contributed by atoms with E-state index in [1.807, 2.05) is 0 Å². The highest BCUT2D eigenvalue weighted by molar-refractivity contribution is 6.00. The van der Waals surface area contributed by atoms with Crippen LogP contribution >= 0.6 is 0 Å². The smallest absolute Gasteiger partial charge is 0.326 e. The van der Waals surface area contributed by atoms with Crippen molar-refractivity contribution in [3.05, 3.63) is 65.5 Å². The normalized spacial score (nSPS) is 11.3. The van der Waals surface area contributed by atoms with Gasteiger partial charge in [-0.25, -0.2) is 4.39 Å². The molecule has 0 saturated heterocycles. The molecule has 0 aliphatic heterocycles. The fourth-order valence-corrected chi connectivity index (χ4v) is 2.14. The predicted octanol–water partition coefficient (Wildman–Crippen LogP) is 2.38. The van der Waals surface area contributed by atoms with Gasteiger partial charge >= 0.3 is 5.97 Å². The summed E-state index contributed by atoms with van der Waals surface area (Å²) >= 11 is 0. The molecule has 6 nitrogen and oxygen atoms in total. The van der Waals surface area contributed by atoms with E-state index in [1.165, 1.54) is 26.2 Å². The zero-order valence-electron chi connectivity index (χ0n) is 14.3. The lowest BCUT2D eigenvalue weighted by molar-refractivity contribution is -0.145. The Morgan fingerprint density at radius 1 is 1.00 bits per heavy atom. The van der Waals surface area contributed by atoms with E-state index in [0.717, 1.165) is 12.1 Å². The number of halogens is 1. The molecule has 1 N–H and O–H groups in total. The van der Waals surface area contributed by atoms with Crippen LogP contribution in [0.15, 0.2) is 48.5 Å². The van der Waals surface area contributed by atoms with Crippen molar-refractivity contribution < 1.29 is 28.2 Å². The van der Waals surface area contributed by atoms with Crippen molar-refractivity contribution in [1.29, 1.82) is 0 Å². The van der Waals surface area contributed by atoms with E-state index in [1.54, 1.807) is 24.3 Å². The van der Waals surface area contributed by atoms with Gasteiger partial charge in [0, 0.05) is 11.1 Å². The number of hydrogen-bond acceptors (Lipinski definition) is 5. The highest BCUT2D eigenvalue weighted by Crippen LogP contribution is 2.11. The number of benzene rings is 2. The minimum absolute atomic E-state index is 0.231.